The number of fused-ring (bicyclic) bond motifs is 1. The molecule has 2 aliphatic heterocycles. The van der Waals surface area contributed by atoms with Crippen LogP contribution >= 0.6 is 0 Å². The zero-order chi connectivity index (χ0) is 21.3. The van der Waals surface area contributed by atoms with Crippen LogP contribution in [0.2, 0.25) is 0 Å². The molecule has 160 valence electrons. The number of carbonyl (C=O) groups is 1. The molecule has 1 amide bonds. The van der Waals surface area contributed by atoms with Gasteiger partial charge in [-0.05, 0) is 60.6 Å². The smallest absolute Gasteiger partial charge is 0.243 e. The highest BCUT2D eigenvalue weighted by molar-refractivity contribution is 7.89. The molecule has 0 bridgehead atoms. The Balaban J connectivity index is 1.42. The summed E-state index contributed by atoms with van der Waals surface area (Å²) in [4.78, 5) is 12.9. The van der Waals surface area contributed by atoms with Gasteiger partial charge in [0.25, 0.3) is 0 Å². The minimum Gasteiger partial charge on any atom is -0.492 e. The van der Waals surface area contributed by atoms with E-state index in [1.165, 1.54) is 0 Å². The van der Waals surface area contributed by atoms with Gasteiger partial charge in [-0.15, -0.1) is 0 Å². The number of nitrogens with one attached hydrogen (secondary N) is 1. The number of hydrogen-bond donors (Lipinski definition) is 1. The SMILES string of the molecule is C[C@@H]1C[C@@H](C)CN(S(=O)(=O)c2ccc(NC(=O)[C@@H]3COc4ccccc4C3)cc2)C1. The molecular formula is C23H28N2O4S. The summed E-state index contributed by atoms with van der Waals surface area (Å²) in [6.07, 6.45) is 1.67. The van der Waals surface area contributed by atoms with Crippen molar-refractivity contribution < 1.29 is 17.9 Å². The minimum absolute atomic E-state index is 0.126. The van der Waals surface area contributed by atoms with Crippen molar-refractivity contribution >= 4 is 21.6 Å². The predicted molar refractivity (Wildman–Crippen MR) is 116 cm³/mol. The molecule has 0 spiro atoms. The van der Waals surface area contributed by atoms with Crippen LogP contribution in [0.4, 0.5) is 5.69 Å². The van der Waals surface area contributed by atoms with Crippen LogP contribution in [0.15, 0.2) is 53.4 Å². The van der Waals surface area contributed by atoms with E-state index >= 15 is 0 Å². The lowest BCUT2D eigenvalue weighted by Crippen LogP contribution is -2.42. The normalized spacial score (nSPS) is 24.5. The maximum Gasteiger partial charge on any atom is 0.243 e. The van der Waals surface area contributed by atoms with Crippen LogP contribution in [0, 0.1) is 17.8 Å². The van der Waals surface area contributed by atoms with Gasteiger partial charge in [0.15, 0.2) is 0 Å². The molecule has 3 atom stereocenters. The number of amides is 1. The fourth-order valence-electron chi connectivity index (χ4n) is 4.40. The second-order valence-electron chi connectivity index (χ2n) is 8.60. The van der Waals surface area contributed by atoms with Crippen molar-refractivity contribution in [2.75, 3.05) is 25.0 Å². The fraction of sp³-hybridized carbons (Fsp3) is 0.435. The first-order valence-corrected chi connectivity index (χ1v) is 11.9. The summed E-state index contributed by atoms with van der Waals surface area (Å²) in [5.41, 5.74) is 1.61. The van der Waals surface area contributed by atoms with Crippen LogP contribution in [-0.4, -0.2) is 38.3 Å². The summed E-state index contributed by atoms with van der Waals surface area (Å²) in [7, 11) is -3.53. The van der Waals surface area contributed by atoms with E-state index in [4.69, 9.17) is 4.74 Å². The number of piperidine rings is 1. The molecule has 2 aliphatic rings. The highest BCUT2D eigenvalue weighted by atomic mass is 32.2. The highest BCUT2D eigenvalue weighted by Crippen LogP contribution is 2.29. The molecule has 7 heteroatoms. The molecule has 2 heterocycles. The Hall–Kier alpha value is -2.38. The standard InChI is InChI=1S/C23H28N2O4S/c1-16-11-17(2)14-25(13-16)30(27,28)21-9-7-20(8-10-21)24-23(26)19-12-18-5-3-4-6-22(18)29-15-19/h3-10,16-17,19H,11-15H2,1-2H3,(H,24,26)/t16-,17-,19+/m1/s1. The lowest BCUT2D eigenvalue weighted by atomic mass is 9.94. The van der Waals surface area contributed by atoms with Gasteiger partial charge in [0.1, 0.15) is 12.4 Å². The Morgan fingerprint density at radius 1 is 1.03 bits per heavy atom. The van der Waals surface area contributed by atoms with E-state index < -0.39 is 10.0 Å². The molecule has 0 radical (unpaired) electrons. The van der Waals surface area contributed by atoms with Crippen LogP contribution in [-0.2, 0) is 21.2 Å². The first-order chi connectivity index (χ1) is 14.3. The lowest BCUT2D eigenvalue weighted by molar-refractivity contribution is -0.121. The minimum atomic E-state index is -3.53. The zero-order valence-electron chi connectivity index (χ0n) is 17.4. The Bertz CT molecular complexity index is 1010. The van der Waals surface area contributed by atoms with Gasteiger partial charge in [-0.25, -0.2) is 8.42 Å². The highest BCUT2D eigenvalue weighted by Gasteiger charge is 2.32. The first-order valence-electron chi connectivity index (χ1n) is 10.4. The quantitative estimate of drug-likeness (QED) is 0.808. The van der Waals surface area contributed by atoms with Crippen molar-refractivity contribution in [2.45, 2.75) is 31.6 Å². The molecule has 6 nitrogen and oxygen atoms in total. The third-order valence-corrected chi connectivity index (χ3v) is 7.69. The van der Waals surface area contributed by atoms with Crippen molar-refractivity contribution in [3.8, 4) is 5.75 Å². The van der Waals surface area contributed by atoms with Gasteiger partial charge in [-0.2, -0.15) is 4.31 Å². The Morgan fingerprint density at radius 2 is 1.70 bits per heavy atom. The number of hydrogen-bond acceptors (Lipinski definition) is 4. The summed E-state index contributed by atoms with van der Waals surface area (Å²) in [5, 5.41) is 2.89. The molecule has 1 N–H and O–H groups in total. The second-order valence-corrected chi connectivity index (χ2v) is 10.5. The average molecular weight is 429 g/mol. The van der Waals surface area contributed by atoms with E-state index in [9.17, 15) is 13.2 Å². The Morgan fingerprint density at radius 3 is 2.40 bits per heavy atom. The molecule has 0 aromatic heterocycles. The molecule has 1 saturated heterocycles. The van der Waals surface area contributed by atoms with Crippen LogP contribution in [0.25, 0.3) is 0 Å². The van der Waals surface area contributed by atoms with Gasteiger partial charge < -0.3 is 10.1 Å². The topological polar surface area (TPSA) is 75.7 Å². The number of ether oxygens (including phenoxy) is 1. The molecule has 0 saturated carbocycles. The van der Waals surface area contributed by atoms with Crippen molar-refractivity contribution in [3.05, 3.63) is 54.1 Å². The van der Waals surface area contributed by atoms with E-state index in [0.717, 1.165) is 17.7 Å². The van der Waals surface area contributed by atoms with E-state index in [0.29, 0.717) is 43.6 Å². The molecule has 0 unspecified atom stereocenters. The number of nitrogens with zero attached hydrogens (tertiary/aromatic N) is 1. The molecular weight excluding hydrogens is 400 g/mol. The summed E-state index contributed by atoms with van der Waals surface area (Å²) in [6, 6.07) is 14.2. The van der Waals surface area contributed by atoms with Crippen molar-refractivity contribution in [2.24, 2.45) is 17.8 Å². The summed E-state index contributed by atoms with van der Waals surface area (Å²) in [5.74, 6) is 1.13. The molecule has 1 fully saturated rings. The van der Waals surface area contributed by atoms with Gasteiger partial charge in [0.05, 0.1) is 10.8 Å². The molecule has 30 heavy (non-hydrogen) atoms. The maximum atomic E-state index is 13.0. The van der Waals surface area contributed by atoms with Crippen LogP contribution in [0.1, 0.15) is 25.8 Å². The third kappa shape index (κ3) is 4.37. The Kier molecular flexibility index (Phi) is 5.84. The number of sulfonamides is 1. The summed E-state index contributed by atoms with van der Waals surface area (Å²) >= 11 is 0. The predicted octanol–water partition coefficient (Wildman–Crippen LogP) is 3.54. The van der Waals surface area contributed by atoms with Gasteiger partial charge in [-0.1, -0.05) is 32.0 Å². The third-order valence-electron chi connectivity index (χ3n) is 5.84. The summed E-state index contributed by atoms with van der Waals surface area (Å²) in [6.45, 7) is 5.61. The number of para-hydroxylation sites is 1. The first kappa shape index (κ1) is 20.9. The fourth-order valence-corrected chi connectivity index (χ4v) is 6.08. The van der Waals surface area contributed by atoms with Gasteiger partial charge in [-0.3, -0.25) is 4.79 Å². The molecule has 4 rings (SSSR count). The van der Waals surface area contributed by atoms with Crippen molar-refractivity contribution in [1.29, 1.82) is 0 Å². The Labute approximate surface area is 178 Å². The van der Waals surface area contributed by atoms with E-state index in [-0.39, 0.29) is 16.7 Å². The van der Waals surface area contributed by atoms with Crippen LogP contribution in [0.3, 0.4) is 0 Å². The van der Waals surface area contributed by atoms with Gasteiger partial charge >= 0.3 is 0 Å². The number of carbonyl (C=O) groups excluding carboxylic acids is 1. The lowest BCUT2D eigenvalue weighted by Gasteiger charge is -2.34. The molecule has 2 aromatic carbocycles. The number of anilines is 1. The number of benzene rings is 2. The average Bonchev–Trinajstić information content (AvgIpc) is 2.73. The zero-order valence-corrected chi connectivity index (χ0v) is 18.2. The summed E-state index contributed by atoms with van der Waals surface area (Å²) < 4.78 is 33.3. The van der Waals surface area contributed by atoms with Gasteiger partial charge in [0, 0.05) is 18.8 Å². The van der Waals surface area contributed by atoms with Crippen molar-refractivity contribution in [3.63, 3.8) is 0 Å². The number of rotatable bonds is 4. The van der Waals surface area contributed by atoms with Crippen LogP contribution in [0.5, 0.6) is 5.75 Å². The maximum absolute atomic E-state index is 13.0. The molecule has 0 aliphatic carbocycles. The van der Waals surface area contributed by atoms with E-state index in [2.05, 4.69) is 19.2 Å². The monoisotopic (exact) mass is 428 g/mol. The molecule has 2 aromatic rings. The van der Waals surface area contributed by atoms with Gasteiger partial charge in [0.2, 0.25) is 15.9 Å². The second kappa shape index (κ2) is 8.40. The van der Waals surface area contributed by atoms with Crippen LogP contribution < -0.4 is 10.1 Å². The van der Waals surface area contributed by atoms with E-state index in [1.54, 1.807) is 28.6 Å². The van der Waals surface area contributed by atoms with E-state index in [1.807, 2.05) is 24.3 Å². The van der Waals surface area contributed by atoms with Crippen molar-refractivity contribution in [1.82, 2.24) is 4.31 Å². The largest absolute Gasteiger partial charge is 0.492 e.